The molecule has 2 rings (SSSR count). The number of hydrogen-bond acceptors (Lipinski definition) is 2. The van der Waals surface area contributed by atoms with Crippen LogP contribution in [-0.2, 0) is 6.42 Å². The van der Waals surface area contributed by atoms with Crippen LogP contribution in [0.25, 0.3) is 0 Å². The largest absolute Gasteiger partial charge is 0.347 e. The van der Waals surface area contributed by atoms with Crippen LogP contribution in [0.4, 0.5) is 0 Å². The Labute approximate surface area is 121 Å². The molecular formula is C17H25N3. The van der Waals surface area contributed by atoms with E-state index in [0.717, 1.165) is 25.2 Å². The van der Waals surface area contributed by atoms with Crippen molar-refractivity contribution in [3.8, 4) is 0 Å². The zero-order valence-electron chi connectivity index (χ0n) is 12.7. The Morgan fingerprint density at radius 2 is 1.95 bits per heavy atom. The van der Waals surface area contributed by atoms with Gasteiger partial charge in [0.05, 0.1) is 6.04 Å². The molecule has 0 aliphatic carbocycles. The molecule has 0 amide bonds. The van der Waals surface area contributed by atoms with Crippen molar-refractivity contribution in [1.29, 1.82) is 0 Å². The minimum absolute atomic E-state index is 0.259. The summed E-state index contributed by atoms with van der Waals surface area (Å²) in [6, 6.07) is 9.20. The lowest BCUT2D eigenvalue weighted by atomic mass is 9.99. The van der Waals surface area contributed by atoms with Gasteiger partial charge in [-0.15, -0.1) is 0 Å². The van der Waals surface area contributed by atoms with Gasteiger partial charge in [-0.25, -0.2) is 4.98 Å². The van der Waals surface area contributed by atoms with Crippen molar-refractivity contribution in [1.82, 2.24) is 15.3 Å². The van der Waals surface area contributed by atoms with Crippen LogP contribution in [0.2, 0.25) is 0 Å². The van der Waals surface area contributed by atoms with Gasteiger partial charge < -0.3 is 10.3 Å². The predicted molar refractivity (Wildman–Crippen MR) is 83.9 cm³/mol. The summed E-state index contributed by atoms with van der Waals surface area (Å²) in [6.45, 7) is 7.64. The Kier molecular flexibility index (Phi) is 5.36. The van der Waals surface area contributed by atoms with Gasteiger partial charge >= 0.3 is 0 Å². The Bertz CT molecular complexity index is 485. The molecule has 0 fully saturated rings. The maximum Gasteiger partial charge on any atom is 0.123 e. The van der Waals surface area contributed by atoms with Gasteiger partial charge in [0, 0.05) is 12.4 Å². The number of rotatable bonds is 7. The van der Waals surface area contributed by atoms with Gasteiger partial charge in [-0.1, -0.05) is 45.0 Å². The Hall–Kier alpha value is -1.61. The maximum absolute atomic E-state index is 4.39. The number of benzene rings is 1. The minimum Gasteiger partial charge on any atom is -0.347 e. The molecule has 1 unspecified atom stereocenters. The number of imidazole rings is 1. The predicted octanol–water partition coefficient (Wildman–Crippen LogP) is 3.82. The van der Waals surface area contributed by atoms with Crippen molar-refractivity contribution in [3.05, 3.63) is 53.6 Å². The molecule has 0 saturated carbocycles. The fourth-order valence-corrected chi connectivity index (χ4v) is 2.33. The second-order valence-electron chi connectivity index (χ2n) is 5.58. The van der Waals surface area contributed by atoms with Crippen LogP contribution < -0.4 is 5.32 Å². The molecule has 0 radical (unpaired) electrons. The highest BCUT2D eigenvalue weighted by Gasteiger charge is 2.13. The molecule has 3 nitrogen and oxygen atoms in total. The third kappa shape index (κ3) is 3.94. The van der Waals surface area contributed by atoms with Crippen LogP contribution in [0.1, 0.15) is 56.1 Å². The normalized spacial score (nSPS) is 12.8. The second-order valence-corrected chi connectivity index (χ2v) is 5.58. The monoisotopic (exact) mass is 271 g/mol. The molecule has 0 saturated heterocycles. The number of nitrogens with zero attached hydrogens (tertiary/aromatic N) is 1. The number of hydrogen-bond donors (Lipinski definition) is 2. The van der Waals surface area contributed by atoms with Gasteiger partial charge in [-0.2, -0.15) is 0 Å². The molecule has 0 aliphatic heterocycles. The fraction of sp³-hybridized carbons (Fsp3) is 0.471. The zero-order valence-corrected chi connectivity index (χ0v) is 12.7. The van der Waals surface area contributed by atoms with E-state index in [-0.39, 0.29) is 6.04 Å². The molecule has 2 aromatic rings. The van der Waals surface area contributed by atoms with E-state index in [4.69, 9.17) is 0 Å². The molecule has 0 spiro atoms. The molecule has 1 atom stereocenters. The summed E-state index contributed by atoms with van der Waals surface area (Å²) in [5.41, 5.74) is 2.74. The molecule has 0 aliphatic rings. The third-order valence-electron chi connectivity index (χ3n) is 3.58. The van der Waals surface area contributed by atoms with Crippen molar-refractivity contribution in [2.75, 3.05) is 6.54 Å². The van der Waals surface area contributed by atoms with Gasteiger partial charge in [0.2, 0.25) is 0 Å². The average Bonchev–Trinajstić information content (AvgIpc) is 2.98. The summed E-state index contributed by atoms with van der Waals surface area (Å²) in [7, 11) is 0. The van der Waals surface area contributed by atoms with E-state index in [1.807, 2.05) is 12.4 Å². The molecule has 3 heteroatoms. The molecule has 1 heterocycles. The van der Waals surface area contributed by atoms with Gasteiger partial charge in [0.25, 0.3) is 0 Å². The molecule has 1 aromatic heterocycles. The Morgan fingerprint density at radius 3 is 2.50 bits per heavy atom. The van der Waals surface area contributed by atoms with Crippen molar-refractivity contribution in [3.63, 3.8) is 0 Å². The van der Waals surface area contributed by atoms with E-state index < -0.39 is 0 Å². The summed E-state index contributed by atoms with van der Waals surface area (Å²) < 4.78 is 0. The van der Waals surface area contributed by atoms with E-state index >= 15 is 0 Å². The average molecular weight is 271 g/mol. The van der Waals surface area contributed by atoms with E-state index in [9.17, 15) is 0 Å². The van der Waals surface area contributed by atoms with Crippen LogP contribution >= 0.6 is 0 Å². The summed E-state index contributed by atoms with van der Waals surface area (Å²) in [5, 5.41) is 3.56. The first-order chi connectivity index (χ1) is 9.70. The SMILES string of the molecule is CCCNC(Cc1ccc(C(C)C)cc1)c1ncc[nH]1. The van der Waals surface area contributed by atoms with Crippen molar-refractivity contribution in [2.45, 2.75) is 45.6 Å². The van der Waals surface area contributed by atoms with Crippen molar-refractivity contribution < 1.29 is 0 Å². The zero-order chi connectivity index (χ0) is 14.4. The number of aromatic amines is 1. The van der Waals surface area contributed by atoms with Crippen LogP contribution in [-0.4, -0.2) is 16.5 Å². The van der Waals surface area contributed by atoms with Gasteiger partial charge in [-0.3, -0.25) is 0 Å². The molecule has 2 N–H and O–H groups in total. The van der Waals surface area contributed by atoms with E-state index in [0.29, 0.717) is 5.92 Å². The topological polar surface area (TPSA) is 40.7 Å². The first-order valence-electron chi connectivity index (χ1n) is 7.52. The quantitative estimate of drug-likeness (QED) is 0.804. The van der Waals surface area contributed by atoms with E-state index in [2.05, 4.69) is 60.3 Å². The van der Waals surface area contributed by atoms with Crippen LogP contribution in [0, 0.1) is 0 Å². The lowest BCUT2D eigenvalue weighted by Crippen LogP contribution is -2.25. The second kappa shape index (κ2) is 7.25. The molecule has 20 heavy (non-hydrogen) atoms. The number of nitrogens with one attached hydrogen (secondary N) is 2. The summed E-state index contributed by atoms with van der Waals surface area (Å²) in [4.78, 5) is 7.62. The first-order valence-corrected chi connectivity index (χ1v) is 7.52. The first kappa shape index (κ1) is 14.8. The highest BCUT2D eigenvalue weighted by Crippen LogP contribution is 2.19. The Morgan fingerprint density at radius 1 is 1.20 bits per heavy atom. The standard InChI is InChI=1S/C17H25N3/c1-4-9-18-16(17-19-10-11-20-17)12-14-5-7-15(8-6-14)13(2)3/h5-8,10-11,13,16,18H,4,9,12H2,1-3H3,(H,19,20). The maximum atomic E-state index is 4.39. The van der Waals surface area contributed by atoms with Gasteiger partial charge in [0.1, 0.15) is 5.82 Å². The molecule has 0 bridgehead atoms. The number of aromatic nitrogens is 2. The van der Waals surface area contributed by atoms with Crippen LogP contribution in [0.5, 0.6) is 0 Å². The Balaban J connectivity index is 2.07. The molecule has 108 valence electrons. The lowest BCUT2D eigenvalue weighted by molar-refractivity contribution is 0.508. The van der Waals surface area contributed by atoms with E-state index in [1.54, 1.807) is 0 Å². The summed E-state index contributed by atoms with van der Waals surface area (Å²) in [5.74, 6) is 1.61. The van der Waals surface area contributed by atoms with Crippen LogP contribution in [0.15, 0.2) is 36.7 Å². The highest BCUT2D eigenvalue weighted by atomic mass is 15.0. The highest BCUT2D eigenvalue weighted by molar-refractivity contribution is 5.25. The summed E-state index contributed by atoms with van der Waals surface area (Å²) >= 11 is 0. The molecule has 1 aromatic carbocycles. The van der Waals surface area contributed by atoms with Gasteiger partial charge in [0.15, 0.2) is 0 Å². The third-order valence-corrected chi connectivity index (χ3v) is 3.58. The smallest absolute Gasteiger partial charge is 0.123 e. The summed E-state index contributed by atoms with van der Waals surface area (Å²) in [6.07, 6.45) is 5.80. The van der Waals surface area contributed by atoms with Crippen molar-refractivity contribution >= 4 is 0 Å². The molecular weight excluding hydrogens is 246 g/mol. The number of H-pyrrole nitrogens is 1. The fourth-order valence-electron chi connectivity index (χ4n) is 2.33. The van der Waals surface area contributed by atoms with Crippen molar-refractivity contribution in [2.24, 2.45) is 0 Å². The van der Waals surface area contributed by atoms with E-state index in [1.165, 1.54) is 11.1 Å². The van der Waals surface area contributed by atoms with Crippen LogP contribution in [0.3, 0.4) is 0 Å². The van der Waals surface area contributed by atoms with Gasteiger partial charge in [-0.05, 0) is 36.4 Å². The minimum atomic E-state index is 0.259. The lowest BCUT2D eigenvalue weighted by Gasteiger charge is -2.17.